The lowest BCUT2D eigenvalue weighted by Crippen LogP contribution is -2.46. The molecule has 1 saturated heterocycles. The molecule has 1 aromatic carbocycles. The van der Waals surface area contributed by atoms with Gasteiger partial charge in [0, 0.05) is 44.6 Å². The molecule has 1 amide bonds. The van der Waals surface area contributed by atoms with Gasteiger partial charge in [-0.1, -0.05) is 29.8 Å². The molecule has 0 spiro atoms. The summed E-state index contributed by atoms with van der Waals surface area (Å²) in [6, 6.07) is 8.76. The lowest BCUT2D eigenvalue weighted by atomic mass is 9.93. The number of hydrogen-bond donors (Lipinski definition) is 2. The molecule has 5 nitrogen and oxygen atoms in total. The summed E-state index contributed by atoms with van der Waals surface area (Å²) in [4.78, 5) is 18.7. The number of benzene rings is 1. The molecular formula is C21H34N4OS. The van der Waals surface area contributed by atoms with Crippen molar-refractivity contribution in [3.63, 3.8) is 0 Å². The molecule has 0 radical (unpaired) electrons. The van der Waals surface area contributed by atoms with Gasteiger partial charge in [-0.3, -0.25) is 9.79 Å². The minimum absolute atomic E-state index is 0.152. The van der Waals surface area contributed by atoms with E-state index in [0.29, 0.717) is 12.3 Å². The van der Waals surface area contributed by atoms with Crippen molar-refractivity contribution in [2.24, 2.45) is 10.9 Å². The van der Waals surface area contributed by atoms with E-state index in [9.17, 15) is 4.79 Å². The van der Waals surface area contributed by atoms with Gasteiger partial charge in [0.1, 0.15) is 0 Å². The molecule has 0 saturated carbocycles. The molecule has 150 valence electrons. The predicted octanol–water partition coefficient (Wildman–Crippen LogP) is 3.04. The maximum absolute atomic E-state index is 11.6. The van der Waals surface area contributed by atoms with Crippen LogP contribution in [-0.4, -0.2) is 55.7 Å². The van der Waals surface area contributed by atoms with Crippen LogP contribution in [-0.2, 0) is 10.5 Å². The van der Waals surface area contributed by atoms with E-state index in [2.05, 4.69) is 53.6 Å². The number of rotatable bonds is 8. The quantitative estimate of drug-likeness (QED) is 0.407. The van der Waals surface area contributed by atoms with Crippen LogP contribution in [0.2, 0.25) is 0 Å². The van der Waals surface area contributed by atoms with Crippen LogP contribution < -0.4 is 10.6 Å². The number of aryl methyl sites for hydroxylation is 1. The molecule has 1 aliphatic heterocycles. The highest BCUT2D eigenvalue weighted by molar-refractivity contribution is 7.98. The summed E-state index contributed by atoms with van der Waals surface area (Å²) in [5.41, 5.74) is 2.68. The summed E-state index contributed by atoms with van der Waals surface area (Å²) in [5.74, 6) is 3.73. The fraction of sp³-hybridized carbons (Fsp3) is 0.619. The van der Waals surface area contributed by atoms with E-state index in [0.717, 1.165) is 56.5 Å². The highest BCUT2D eigenvalue weighted by Crippen LogP contribution is 2.20. The number of aliphatic imine (C=N–C) groups is 1. The van der Waals surface area contributed by atoms with Crippen molar-refractivity contribution in [2.75, 3.05) is 39.0 Å². The van der Waals surface area contributed by atoms with E-state index < -0.39 is 0 Å². The molecular weight excluding hydrogens is 356 g/mol. The van der Waals surface area contributed by atoms with Crippen LogP contribution in [0.15, 0.2) is 29.3 Å². The maximum Gasteiger partial charge on any atom is 0.220 e. The van der Waals surface area contributed by atoms with Crippen LogP contribution in [0.4, 0.5) is 0 Å². The van der Waals surface area contributed by atoms with E-state index in [1.54, 1.807) is 7.05 Å². The highest BCUT2D eigenvalue weighted by Gasteiger charge is 2.22. The molecule has 1 aliphatic rings. The van der Waals surface area contributed by atoms with E-state index in [4.69, 9.17) is 4.99 Å². The van der Waals surface area contributed by atoms with Gasteiger partial charge in [-0.05, 0) is 38.2 Å². The van der Waals surface area contributed by atoms with Crippen molar-refractivity contribution in [3.05, 3.63) is 35.4 Å². The summed E-state index contributed by atoms with van der Waals surface area (Å²) in [5, 5.41) is 6.15. The summed E-state index contributed by atoms with van der Waals surface area (Å²) >= 11 is 1.93. The molecule has 0 unspecified atom stereocenters. The predicted molar refractivity (Wildman–Crippen MR) is 116 cm³/mol. The molecule has 1 aromatic rings. The average molecular weight is 391 g/mol. The smallest absolute Gasteiger partial charge is 0.220 e. The van der Waals surface area contributed by atoms with Crippen molar-refractivity contribution in [2.45, 2.75) is 38.9 Å². The Balaban J connectivity index is 1.73. The Morgan fingerprint density at radius 2 is 1.96 bits per heavy atom. The Morgan fingerprint density at radius 3 is 2.59 bits per heavy atom. The number of nitrogens with zero attached hydrogens (tertiary/aromatic N) is 2. The Bertz CT molecular complexity index is 595. The Hall–Kier alpha value is -1.69. The molecule has 0 atom stereocenters. The van der Waals surface area contributed by atoms with Crippen molar-refractivity contribution in [3.8, 4) is 0 Å². The first-order valence-electron chi connectivity index (χ1n) is 9.99. The minimum Gasteiger partial charge on any atom is -0.359 e. The third-order valence-electron chi connectivity index (χ3n) is 4.89. The third-order valence-corrected chi connectivity index (χ3v) is 5.90. The van der Waals surface area contributed by atoms with Crippen LogP contribution in [0.3, 0.4) is 0 Å². The monoisotopic (exact) mass is 390 g/mol. The standard InChI is InChI=1S/C21H34N4OS/c1-4-23-21(25-12-9-18(10-13-25)15-20(26)22-3)24-11-14-27-16-19-7-5-17(2)6-8-19/h5-8,18H,4,9-16H2,1-3H3,(H,22,26)(H,23,24). The Morgan fingerprint density at radius 1 is 1.26 bits per heavy atom. The van der Waals surface area contributed by atoms with Crippen molar-refractivity contribution >= 4 is 23.6 Å². The molecule has 27 heavy (non-hydrogen) atoms. The number of hydrogen-bond acceptors (Lipinski definition) is 3. The second-order valence-electron chi connectivity index (χ2n) is 7.08. The fourth-order valence-corrected chi connectivity index (χ4v) is 4.02. The van der Waals surface area contributed by atoms with Crippen molar-refractivity contribution < 1.29 is 4.79 Å². The first kappa shape index (κ1) is 21.6. The number of guanidine groups is 1. The molecule has 2 rings (SSSR count). The Labute approximate surface area is 168 Å². The van der Waals surface area contributed by atoms with Crippen LogP contribution in [0, 0.1) is 12.8 Å². The van der Waals surface area contributed by atoms with Crippen LogP contribution in [0.5, 0.6) is 0 Å². The average Bonchev–Trinajstić information content (AvgIpc) is 2.69. The number of carbonyl (C=O) groups is 1. The van der Waals surface area contributed by atoms with Gasteiger partial charge in [0.15, 0.2) is 5.96 Å². The van der Waals surface area contributed by atoms with Crippen LogP contribution in [0.25, 0.3) is 0 Å². The second-order valence-corrected chi connectivity index (χ2v) is 8.19. The number of likely N-dealkylation sites (tertiary alicyclic amines) is 1. The van der Waals surface area contributed by atoms with Gasteiger partial charge in [0.2, 0.25) is 5.91 Å². The first-order valence-corrected chi connectivity index (χ1v) is 11.1. The summed E-state index contributed by atoms with van der Waals surface area (Å²) in [6.07, 6.45) is 2.76. The lowest BCUT2D eigenvalue weighted by Gasteiger charge is -2.34. The van der Waals surface area contributed by atoms with E-state index in [1.165, 1.54) is 11.1 Å². The number of nitrogens with one attached hydrogen (secondary N) is 2. The highest BCUT2D eigenvalue weighted by atomic mass is 32.2. The first-order chi connectivity index (χ1) is 13.1. The van der Waals surface area contributed by atoms with Crippen LogP contribution >= 0.6 is 11.8 Å². The number of amides is 1. The summed E-state index contributed by atoms with van der Waals surface area (Å²) in [7, 11) is 1.71. The van der Waals surface area contributed by atoms with E-state index in [1.807, 2.05) is 11.8 Å². The van der Waals surface area contributed by atoms with Gasteiger partial charge in [0.25, 0.3) is 0 Å². The molecule has 1 heterocycles. The van der Waals surface area contributed by atoms with Gasteiger partial charge in [-0.2, -0.15) is 11.8 Å². The normalized spacial score (nSPS) is 15.7. The largest absolute Gasteiger partial charge is 0.359 e. The molecule has 1 fully saturated rings. The zero-order valence-electron chi connectivity index (χ0n) is 17.0. The zero-order chi connectivity index (χ0) is 19.5. The van der Waals surface area contributed by atoms with Gasteiger partial charge in [0.05, 0.1) is 6.54 Å². The maximum atomic E-state index is 11.6. The third kappa shape index (κ3) is 7.83. The lowest BCUT2D eigenvalue weighted by molar-refractivity contribution is -0.121. The topological polar surface area (TPSA) is 56.7 Å². The van der Waals surface area contributed by atoms with Gasteiger partial charge >= 0.3 is 0 Å². The molecule has 6 heteroatoms. The van der Waals surface area contributed by atoms with E-state index in [-0.39, 0.29) is 5.91 Å². The van der Waals surface area contributed by atoms with Crippen molar-refractivity contribution in [1.29, 1.82) is 0 Å². The molecule has 0 aliphatic carbocycles. The van der Waals surface area contributed by atoms with E-state index >= 15 is 0 Å². The molecule has 0 aromatic heterocycles. The number of carbonyl (C=O) groups excluding carboxylic acids is 1. The summed E-state index contributed by atoms with van der Waals surface area (Å²) < 4.78 is 0. The summed E-state index contributed by atoms with van der Waals surface area (Å²) in [6.45, 7) is 7.90. The minimum atomic E-state index is 0.152. The van der Waals surface area contributed by atoms with Gasteiger partial charge < -0.3 is 15.5 Å². The molecule has 2 N–H and O–H groups in total. The number of thioether (sulfide) groups is 1. The molecule has 0 bridgehead atoms. The number of piperidine rings is 1. The second kappa shape index (κ2) is 11.9. The van der Waals surface area contributed by atoms with Crippen LogP contribution in [0.1, 0.15) is 37.3 Å². The van der Waals surface area contributed by atoms with Gasteiger partial charge in [-0.25, -0.2) is 0 Å². The zero-order valence-corrected chi connectivity index (χ0v) is 17.8. The Kier molecular flexibility index (Phi) is 9.53. The van der Waals surface area contributed by atoms with Gasteiger partial charge in [-0.15, -0.1) is 0 Å². The van der Waals surface area contributed by atoms with Crippen molar-refractivity contribution in [1.82, 2.24) is 15.5 Å². The fourth-order valence-electron chi connectivity index (χ4n) is 3.23. The SMILES string of the molecule is CCNC(=NCCSCc1ccc(C)cc1)N1CCC(CC(=O)NC)CC1.